The van der Waals surface area contributed by atoms with E-state index in [1.165, 1.54) is 17.1 Å². The van der Waals surface area contributed by atoms with E-state index in [0.29, 0.717) is 0 Å². The number of sulfonamides is 1. The van der Waals surface area contributed by atoms with Crippen LogP contribution in [0.5, 0.6) is 0 Å². The molecule has 0 aromatic carbocycles. The number of hydrogen-bond donors (Lipinski definition) is 2. The number of nitrogens with zero attached hydrogens (tertiary/aromatic N) is 3. The third kappa shape index (κ3) is 2.69. The molecular weight excluding hydrogens is 260 g/mol. The second-order valence-electron chi connectivity index (χ2n) is 3.45. The van der Waals surface area contributed by atoms with Crippen LogP contribution in [0.25, 0.3) is 0 Å². The van der Waals surface area contributed by atoms with Gasteiger partial charge in [-0.2, -0.15) is 13.5 Å². The van der Waals surface area contributed by atoms with E-state index in [2.05, 4.69) is 9.93 Å². The van der Waals surface area contributed by atoms with Gasteiger partial charge in [-0.25, -0.2) is 4.83 Å². The highest BCUT2D eigenvalue weighted by Gasteiger charge is 2.16. The molecule has 0 unspecified atom stereocenters. The van der Waals surface area contributed by atoms with E-state index in [9.17, 15) is 13.2 Å². The van der Waals surface area contributed by atoms with Gasteiger partial charge in [-0.1, -0.05) is 0 Å². The van der Waals surface area contributed by atoms with E-state index in [1.54, 1.807) is 12.1 Å². The van der Waals surface area contributed by atoms with E-state index in [-0.39, 0.29) is 11.4 Å². The number of aliphatic carboxylic acids is 1. The lowest BCUT2D eigenvalue weighted by atomic mass is 10.6. The number of carboxylic acids is 1. The zero-order chi connectivity index (χ0) is 13.2. The molecule has 0 amide bonds. The summed E-state index contributed by atoms with van der Waals surface area (Å²) in [5.74, 6) is -1.10. The maximum atomic E-state index is 11.9. The van der Waals surface area contributed by atoms with Crippen molar-refractivity contribution in [2.24, 2.45) is 0 Å². The van der Waals surface area contributed by atoms with Crippen molar-refractivity contribution in [2.75, 3.05) is 4.83 Å². The monoisotopic (exact) mass is 270 g/mol. The Balaban J connectivity index is 2.19. The van der Waals surface area contributed by atoms with E-state index < -0.39 is 16.0 Å². The molecule has 18 heavy (non-hydrogen) atoms. The standard InChI is InChI=1S/C9H10N4O4S/c14-9(15)7-13-6-8(5-10-13)18(16,17)11-12-3-1-2-4-12/h1-6,11H,7H2,(H,14,15). The van der Waals surface area contributed by atoms with Gasteiger partial charge in [0.05, 0.1) is 6.20 Å². The van der Waals surface area contributed by atoms with Crippen LogP contribution in [0.15, 0.2) is 41.8 Å². The molecule has 2 rings (SSSR count). The molecule has 0 saturated carbocycles. The molecule has 0 bridgehead atoms. The fourth-order valence-electron chi connectivity index (χ4n) is 1.30. The van der Waals surface area contributed by atoms with Crippen LogP contribution in [0.1, 0.15) is 0 Å². The van der Waals surface area contributed by atoms with Crippen LogP contribution < -0.4 is 4.83 Å². The Morgan fingerprint density at radius 2 is 2.06 bits per heavy atom. The molecule has 2 N–H and O–H groups in total. The second kappa shape index (κ2) is 4.53. The number of aromatic nitrogens is 3. The first kappa shape index (κ1) is 12.2. The minimum Gasteiger partial charge on any atom is -0.480 e. The molecule has 0 atom stereocenters. The molecule has 0 fully saturated rings. The van der Waals surface area contributed by atoms with Crippen molar-refractivity contribution >= 4 is 16.0 Å². The summed E-state index contributed by atoms with van der Waals surface area (Å²) >= 11 is 0. The highest BCUT2D eigenvalue weighted by Crippen LogP contribution is 2.08. The highest BCUT2D eigenvalue weighted by molar-refractivity contribution is 7.92. The van der Waals surface area contributed by atoms with Gasteiger partial charge in [-0.3, -0.25) is 14.2 Å². The third-order valence-electron chi connectivity index (χ3n) is 2.05. The van der Waals surface area contributed by atoms with Gasteiger partial charge in [0.15, 0.2) is 0 Å². The molecular formula is C9H10N4O4S. The molecule has 0 aliphatic carbocycles. The van der Waals surface area contributed by atoms with Crippen LogP contribution in [0, 0.1) is 0 Å². The van der Waals surface area contributed by atoms with Crippen molar-refractivity contribution in [1.82, 2.24) is 14.5 Å². The van der Waals surface area contributed by atoms with Crippen LogP contribution in [-0.4, -0.2) is 34.0 Å². The van der Waals surface area contributed by atoms with Crippen LogP contribution in [0.2, 0.25) is 0 Å². The molecule has 0 aliphatic heterocycles. The maximum absolute atomic E-state index is 11.9. The van der Waals surface area contributed by atoms with E-state index in [4.69, 9.17) is 5.11 Å². The molecule has 0 aliphatic rings. The Labute approximate surface area is 102 Å². The van der Waals surface area contributed by atoms with Crippen molar-refractivity contribution in [1.29, 1.82) is 0 Å². The van der Waals surface area contributed by atoms with E-state index >= 15 is 0 Å². The summed E-state index contributed by atoms with van der Waals surface area (Å²) in [5, 5.41) is 12.2. The van der Waals surface area contributed by atoms with Crippen molar-refractivity contribution in [3.05, 3.63) is 36.9 Å². The summed E-state index contributed by atoms with van der Waals surface area (Å²) in [6.07, 6.45) is 5.30. The van der Waals surface area contributed by atoms with Gasteiger partial charge >= 0.3 is 5.97 Å². The SMILES string of the molecule is O=C(O)Cn1cc(S(=O)(=O)Nn2cccc2)cn1. The van der Waals surface area contributed by atoms with Gasteiger partial charge in [0.25, 0.3) is 10.0 Å². The smallest absolute Gasteiger partial charge is 0.325 e. The Bertz CT molecular complexity index is 644. The summed E-state index contributed by atoms with van der Waals surface area (Å²) in [6, 6.07) is 3.33. The fourth-order valence-corrected chi connectivity index (χ4v) is 2.25. The Kier molecular flexibility index (Phi) is 3.06. The fraction of sp³-hybridized carbons (Fsp3) is 0.111. The molecule has 0 saturated heterocycles. The van der Waals surface area contributed by atoms with Gasteiger partial charge in [0.1, 0.15) is 11.4 Å². The van der Waals surface area contributed by atoms with Gasteiger partial charge in [-0.05, 0) is 12.1 Å². The quantitative estimate of drug-likeness (QED) is 0.776. The van der Waals surface area contributed by atoms with E-state index in [1.807, 2.05) is 0 Å². The first-order chi connectivity index (χ1) is 8.47. The van der Waals surface area contributed by atoms with Crippen molar-refractivity contribution in [3.8, 4) is 0 Å². The van der Waals surface area contributed by atoms with Gasteiger partial charge in [0.2, 0.25) is 0 Å². The lowest BCUT2D eigenvalue weighted by Gasteiger charge is -2.06. The van der Waals surface area contributed by atoms with E-state index in [0.717, 1.165) is 17.1 Å². The molecule has 2 heterocycles. The van der Waals surface area contributed by atoms with Crippen LogP contribution in [-0.2, 0) is 21.4 Å². The molecule has 0 spiro atoms. The number of nitrogens with one attached hydrogen (secondary N) is 1. The first-order valence-electron chi connectivity index (χ1n) is 4.87. The van der Waals surface area contributed by atoms with Crippen molar-refractivity contribution in [3.63, 3.8) is 0 Å². The van der Waals surface area contributed by atoms with Crippen molar-refractivity contribution in [2.45, 2.75) is 11.4 Å². The Hall–Kier alpha value is -2.29. The summed E-state index contributed by atoms with van der Waals surface area (Å²) in [6.45, 7) is -0.390. The number of carboxylic acid groups (broad SMARTS) is 1. The topological polar surface area (TPSA) is 106 Å². The molecule has 9 heteroatoms. The second-order valence-corrected chi connectivity index (χ2v) is 5.11. The van der Waals surface area contributed by atoms with Crippen LogP contribution in [0.3, 0.4) is 0 Å². The zero-order valence-electron chi connectivity index (χ0n) is 9.09. The van der Waals surface area contributed by atoms with Crippen molar-refractivity contribution < 1.29 is 18.3 Å². The summed E-state index contributed by atoms with van der Waals surface area (Å²) in [4.78, 5) is 12.6. The Morgan fingerprint density at radius 1 is 1.39 bits per heavy atom. The molecule has 0 radical (unpaired) electrons. The molecule has 96 valence electrons. The highest BCUT2D eigenvalue weighted by atomic mass is 32.2. The van der Waals surface area contributed by atoms with Crippen LogP contribution >= 0.6 is 0 Å². The maximum Gasteiger partial charge on any atom is 0.325 e. The number of rotatable bonds is 5. The Morgan fingerprint density at radius 3 is 2.67 bits per heavy atom. The molecule has 8 nitrogen and oxygen atoms in total. The lowest BCUT2D eigenvalue weighted by molar-refractivity contribution is -0.137. The minimum absolute atomic E-state index is 0.0996. The normalized spacial score (nSPS) is 11.3. The molecule has 2 aromatic rings. The van der Waals surface area contributed by atoms with Gasteiger partial charge in [0, 0.05) is 18.6 Å². The summed E-state index contributed by atoms with van der Waals surface area (Å²) in [7, 11) is -3.76. The summed E-state index contributed by atoms with van der Waals surface area (Å²) in [5.41, 5.74) is 0. The average Bonchev–Trinajstić information content (AvgIpc) is 2.87. The predicted molar refractivity (Wildman–Crippen MR) is 60.8 cm³/mol. The van der Waals surface area contributed by atoms with Crippen LogP contribution in [0.4, 0.5) is 0 Å². The number of hydrogen-bond acceptors (Lipinski definition) is 4. The lowest BCUT2D eigenvalue weighted by Crippen LogP contribution is -2.21. The predicted octanol–water partition coefficient (Wildman–Crippen LogP) is -0.298. The van der Waals surface area contributed by atoms with Gasteiger partial charge in [-0.15, -0.1) is 0 Å². The third-order valence-corrected chi connectivity index (χ3v) is 3.33. The average molecular weight is 270 g/mol. The number of carbonyl (C=O) groups is 1. The minimum atomic E-state index is -3.76. The first-order valence-corrected chi connectivity index (χ1v) is 6.36. The largest absolute Gasteiger partial charge is 0.480 e. The summed E-state index contributed by atoms with van der Waals surface area (Å²) < 4.78 is 26.0. The zero-order valence-corrected chi connectivity index (χ0v) is 9.91. The molecule has 2 aromatic heterocycles. The van der Waals surface area contributed by atoms with Gasteiger partial charge < -0.3 is 5.11 Å².